The standard InChI is InChI=1S/C19H21N3OS/c1-2-17-9-15(3-4-19(17)20-5-1)8-16-10-22(6-7-23-12-16)11-18-13-24-14-21-18/h1-5,9,13-14,16H,6-8,10-12H2. The molecule has 0 bridgehead atoms. The zero-order valence-electron chi connectivity index (χ0n) is 13.6. The second-order valence-corrected chi connectivity index (χ2v) is 7.11. The largest absolute Gasteiger partial charge is 0.380 e. The molecule has 1 aliphatic rings. The number of hydrogen-bond acceptors (Lipinski definition) is 5. The van der Waals surface area contributed by atoms with Crippen LogP contribution >= 0.6 is 11.3 Å². The summed E-state index contributed by atoms with van der Waals surface area (Å²) in [5.41, 5.74) is 5.49. The molecule has 4 rings (SSSR count). The minimum absolute atomic E-state index is 0.514. The Morgan fingerprint density at radius 1 is 1.25 bits per heavy atom. The first-order valence-electron chi connectivity index (χ1n) is 8.37. The van der Waals surface area contributed by atoms with Crippen LogP contribution in [0.4, 0.5) is 0 Å². The number of pyridine rings is 1. The molecule has 1 fully saturated rings. The van der Waals surface area contributed by atoms with E-state index in [0.717, 1.165) is 50.5 Å². The molecular weight excluding hydrogens is 318 g/mol. The zero-order valence-corrected chi connectivity index (χ0v) is 14.4. The van der Waals surface area contributed by atoms with Crippen molar-refractivity contribution in [1.82, 2.24) is 14.9 Å². The number of ether oxygens (including phenoxy) is 1. The second-order valence-electron chi connectivity index (χ2n) is 6.39. The van der Waals surface area contributed by atoms with Gasteiger partial charge in [0.1, 0.15) is 0 Å². The van der Waals surface area contributed by atoms with Crippen LogP contribution in [0.2, 0.25) is 0 Å². The summed E-state index contributed by atoms with van der Waals surface area (Å²) in [6.45, 7) is 4.60. The van der Waals surface area contributed by atoms with Crippen LogP contribution in [0, 0.1) is 5.92 Å². The summed E-state index contributed by atoms with van der Waals surface area (Å²) >= 11 is 1.66. The SMILES string of the molecule is c1cnc2ccc(CC3COCCN(Cc4cscn4)C3)cc2c1. The molecule has 1 atom stereocenters. The van der Waals surface area contributed by atoms with E-state index in [4.69, 9.17) is 4.74 Å². The van der Waals surface area contributed by atoms with Gasteiger partial charge in [-0.3, -0.25) is 9.88 Å². The fourth-order valence-corrected chi connectivity index (χ4v) is 3.90. The Bertz CT molecular complexity index is 790. The first-order chi connectivity index (χ1) is 11.9. The van der Waals surface area contributed by atoms with Crippen LogP contribution in [0.3, 0.4) is 0 Å². The van der Waals surface area contributed by atoms with Gasteiger partial charge in [0.2, 0.25) is 0 Å². The van der Waals surface area contributed by atoms with Crippen molar-refractivity contribution in [2.75, 3.05) is 26.3 Å². The third-order valence-corrected chi connectivity index (χ3v) is 5.12. The highest BCUT2D eigenvalue weighted by Gasteiger charge is 2.19. The zero-order chi connectivity index (χ0) is 16.2. The van der Waals surface area contributed by atoms with Gasteiger partial charge in [-0.25, -0.2) is 4.98 Å². The van der Waals surface area contributed by atoms with Gasteiger partial charge in [-0.15, -0.1) is 11.3 Å². The first-order valence-corrected chi connectivity index (χ1v) is 9.32. The molecule has 0 radical (unpaired) electrons. The molecule has 1 aliphatic heterocycles. The summed E-state index contributed by atoms with van der Waals surface area (Å²) in [6, 6.07) is 10.7. The molecule has 2 aromatic heterocycles. The Morgan fingerprint density at radius 2 is 2.25 bits per heavy atom. The molecule has 0 aliphatic carbocycles. The predicted molar refractivity (Wildman–Crippen MR) is 97.1 cm³/mol. The fraction of sp³-hybridized carbons (Fsp3) is 0.368. The highest BCUT2D eigenvalue weighted by Crippen LogP contribution is 2.19. The van der Waals surface area contributed by atoms with Crippen molar-refractivity contribution in [3.8, 4) is 0 Å². The number of fused-ring (bicyclic) bond motifs is 1. The molecule has 0 N–H and O–H groups in total. The van der Waals surface area contributed by atoms with Crippen LogP contribution in [0.25, 0.3) is 10.9 Å². The van der Waals surface area contributed by atoms with Gasteiger partial charge in [0.15, 0.2) is 0 Å². The van der Waals surface area contributed by atoms with E-state index in [2.05, 4.69) is 44.5 Å². The number of aromatic nitrogens is 2. The van der Waals surface area contributed by atoms with E-state index in [1.807, 2.05) is 17.8 Å². The number of nitrogens with zero attached hydrogens (tertiary/aromatic N) is 3. The van der Waals surface area contributed by atoms with Crippen molar-refractivity contribution < 1.29 is 4.74 Å². The number of thiazole rings is 1. The van der Waals surface area contributed by atoms with Gasteiger partial charge < -0.3 is 4.74 Å². The Hall–Kier alpha value is -1.82. The van der Waals surface area contributed by atoms with Crippen LogP contribution in [0.15, 0.2) is 47.4 Å². The van der Waals surface area contributed by atoms with E-state index in [1.165, 1.54) is 10.9 Å². The maximum atomic E-state index is 5.84. The lowest BCUT2D eigenvalue weighted by molar-refractivity contribution is 0.121. The molecule has 24 heavy (non-hydrogen) atoms. The molecule has 124 valence electrons. The highest BCUT2D eigenvalue weighted by molar-refractivity contribution is 7.07. The maximum Gasteiger partial charge on any atom is 0.0795 e. The summed E-state index contributed by atoms with van der Waals surface area (Å²) in [6.07, 6.45) is 2.88. The molecular formula is C19H21N3OS. The number of hydrogen-bond donors (Lipinski definition) is 0. The van der Waals surface area contributed by atoms with Crippen molar-refractivity contribution in [2.45, 2.75) is 13.0 Å². The Labute approximate surface area is 146 Å². The lowest BCUT2D eigenvalue weighted by atomic mass is 9.98. The molecule has 1 saturated heterocycles. The van der Waals surface area contributed by atoms with Crippen LogP contribution in [-0.2, 0) is 17.7 Å². The van der Waals surface area contributed by atoms with Crippen molar-refractivity contribution in [2.24, 2.45) is 5.92 Å². The van der Waals surface area contributed by atoms with Gasteiger partial charge in [0, 0.05) is 36.6 Å². The summed E-state index contributed by atoms with van der Waals surface area (Å²) in [7, 11) is 0. The van der Waals surface area contributed by atoms with Crippen molar-refractivity contribution in [3.05, 3.63) is 58.7 Å². The molecule has 0 saturated carbocycles. The molecule has 3 aromatic rings. The van der Waals surface area contributed by atoms with Crippen molar-refractivity contribution in [1.29, 1.82) is 0 Å². The van der Waals surface area contributed by atoms with Gasteiger partial charge in [-0.2, -0.15) is 0 Å². The van der Waals surface area contributed by atoms with Gasteiger partial charge in [-0.1, -0.05) is 12.1 Å². The van der Waals surface area contributed by atoms with E-state index in [1.54, 1.807) is 11.3 Å². The molecule has 4 nitrogen and oxygen atoms in total. The first kappa shape index (κ1) is 15.7. The van der Waals surface area contributed by atoms with Crippen LogP contribution in [0.1, 0.15) is 11.3 Å². The van der Waals surface area contributed by atoms with Gasteiger partial charge in [0.05, 0.1) is 29.9 Å². The number of benzene rings is 1. The molecule has 1 unspecified atom stereocenters. The summed E-state index contributed by atoms with van der Waals surface area (Å²) in [5.74, 6) is 0.514. The average Bonchev–Trinajstić information content (AvgIpc) is 3.01. The Morgan fingerprint density at radius 3 is 3.17 bits per heavy atom. The van der Waals surface area contributed by atoms with E-state index in [-0.39, 0.29) is 0 Å². The minimum atomic E-state index is 0.514. The Kier molecular flexibility index (Phi) is 4.83. The molecule has 5 heteroatoms. The van der Waals surface area contributed by atoms with Gasteiger partial charge >= 0.3 is 0 Å². The molecule has 0 amide bonds. The lowest BCUT2D eigenvalue weighted by Gasteiger charge is -2.22. The summed E-state index contributed by atoms with van der Waals surface area (Å²) in [4.78, 5) is 11.3. The summed E-state index contributed by atoms with van der Waals surface area (Å²) in [5, 5.41) is 3.35. The summed E-state index contributed by atoms with van der Waals surface area (Å²) < 4.78 is 5.84. The normalized spacial score (nSPS) is 19.4. The van der Waals surface area contributed by atoms with Crippen molar-refractivity contribution in [3.63, 3.8) is 0 Å². The number of rotatable bonds is 4. The monoisotopic (exact) mass is 339 g/mol. The minimum Gasteiger partial charge on any atom is -0.380 e. The second kappa shape index (κ2) is 7.38. The molecule has 0 spiro atoms. The predicted octanol–water partition coefficient (Wildman–Crippen LogP) is 3.38. The van der Waals surface area contributed by atoms with Crippen molar-refractivity contribution >= 4 is 22.2 Å². The maximum absolute atomic E-state index is 5.84. The lowest BCUT2D eigenvalue weighted by Crippen LogP contribution is -2.30. The van der Waals surface area contributed by atoms with Crippen LogP contribution < -0.4 is 0 Å². The highest BCUT2D eigenvalue weighted by atomic mass is 32.1. The smallest absolute Gasteiger partial charge is 0.0795 e. The molecule has 3 heterocycles. The topological polar surface area (TPSA) is 38.2 Å². The third-order valence-electron chi connectivity index (χ3n) is 4.48. The fourth-order valence-electron chi connectivity index (χ4n) is 3.35. The van der Waals surface area contributed by atoms with Crippen LogP contribution in [0.5, 0.6) is 0 Å². The van der Waals surface area contributed by atoms with E-state index in [9.17, 15) is 0 Å². The van der Waals surface area contributed by atoms with Crippen LogP contribution in [-0.4, -0.2) is 41.2 Å². The Balaban J connectivity index is 1.45. The third kappa shape index (κ3) is 3.80. The van der Waals surface area contributed by atoms with Gasteiger partial charge in [-0.05, 0) is 36.1 Å². The molecule has 1 aromatic carbocycles. The van der Waals surface area contributed by atoms with Gasteiger partial charge in [0.25, 0.3) is 0 Å². The quantitative estimate of drug-likeness (QED) is 0.730. The van der Waals surface area contributed by atoms with E-state index < -0.39 is 0 Å². The average molecular weight is 339 g/mol. The van der Waals surface area contributed by atoms with E-state index in [0.29, 0.717) is 5.92 Å². The van der Waals surface area contributed by atoms with E-state index >= 15 is 0 Å².